The summed E-state index contributed by atoms with van der Waals surface area (Å²) >= 11 is 0. The number of halogens is 1. The molecular weight excluding hydrogens is 294 g/mol. The maximum atomic E-state index is 12.1. The molecular formula is C14H22ClN3O3. The van der Waals surface area contributed by atoms with Crippen LogP contribution in [0.15, 0.2) is 22.8 Å². The molecule has 6 nitrogen and oxygen atoms in total. The van der Waals surface area contributed by atoms with Gasteiger partial charge in [0.05, 0.1) is 6.26 Å². The van der Waals surface area contributed by atoms with Crippen molar-refractivity contribution in [3.8, 4) is 0 Å². The van der Waals surface area contributed by atoms with Crippen molar-refractivity contribution >= 4 is 24.2 Å². The van der Waals surface area contributed by atoms with Crippen LogP contribution in [0.4, 0.5) is 0 Å². The smallest absolute Gasteiger partial charge is 0.286 e. The Morgan fingerprint density at radius 1 is 1.52 bits per heavy atom. The number of amides is 2. The Morgan fingerprint density at radius 2 is 2.29 bits per heavy atom. The van der Waals surface area contributed by atoms with Crippen molar-refractivity contribution in [3.05, 3.63) is 24.2 Å². The second-order valence-corrected chi connectivity index (χ2v) is 5.22. The van der Waals surface area contributed by atoms with E-state index in [1.165, 1.54) is 6.26 Å². The summed E-state index contributed by atoms with van der Waals surface area (Å²) in [6.45, 7) is 3.69. The Balaban J connectivity index is 0.00000220. The molecule has 2 amide bonds. The number of carbonyl (C=O) groups excluding carboxylic acids is 2. The molecule has 0 bridgehead atoms. The van der Waals surface area contributed by atoms with Crippen molar-refractivity contribution in [1.82, 2.24) is 10.2 Å². The van der Waals surface area contributed by atoms with Gasteiger partial charge in [0, 0.05) is 25.6 Å². The van der Waals surface area contributed by atoms with Gasteiger partial charge in [0.1, 0.15) is 0 Å². The van der Waals surface area contributed by atoms with Gasteiger partial charge in [0.15, 0.2) is 5.76 Å². The molecule has 2 unspecified atom stereocenters. The molecule has 0 aromatic carbocycles. The molecule has 1 saturated heterocycles. The van der Waals surface area contributed by atoms with Gasteiger partial charge < -0.3 is 20.4 Å². The van der Waals surface area contributed by atoms with Crippen molar-refractivity contribution in [2.24, 2.45) is 11.7 Å². The maximum Gasteiger partial charge on any atom is 0.286 e. The van der Waals surface area contributed by atoms with Gasteiger partial charge in [-0.2, -0.15) is 0 Å². The summed E-state index contributed by atoms with van der Waals surface area (Å²) in [6.07, 6.45) is 2.70. The summed E-state index contributed by atoms with van der Waals surface area (Å²) in [6, 6.07) is 3.47. The molecule has 2 heterocycles. The van der Waals surface area contributed by atoms with Crippen LogP contribution in [0, 0.1) is 5.92 Å². The highest BCUT2D eigenvalue weighted by Gasteiger charge is 2.31. The van der Waals surface area contributed by atoms with Crippen molar-refractivity contribution in [1.29, 1.82) is 0 Å². The minimum Gasteiger partial charge on any atom is -0.459 e. The minimum atomic E-state index is -0.294. The van der Waals surface area contributed by atoms with Crippen molar-refractivity contribution in [2.45, 2.75) is 25.8 Å². The Labute approximate surface area is 130 Å². The Morgan fingerprint density at radius 3 is 2.86 bits per heavy atom. The van der Waals surface area contributed by atoms with Crippen LogP contribution >= 0.6 is 12.4 Å². The van der Waals surface area contributed by atoms with Crippen molar-refractivity contribution in [3.63, 3.8) is 0 Å². The van der Waals surface area contributed by atoms with Crippen LogP contribution in [0.2, 0.25) is 0 Å². The van der Waals surface area contributed by atoms with Gasteiger partial charge in [-0.25, -0.2) is 0 Å². The topological polar surface area (TPSA) is 88.6 Å². The van der Waals surface area contributed by atoms with E-state index in [0.29, 0.717) is 25.4 Å². The number of likely N-dealkylation sites (tertiary alicyclic amines) is 1. The maximum absolute atomic E-state index is 12.1. The molecule has 0 radical (unpaired) electrons. The fraction of sp³-hybridized carbons (Fsp3) is 0.571. The highest BCUT2D eigenvalue weighted by molar-refractivity contribution is 5.91. The first kappa shape index (κ1) is 17.5. The number of hydrogen-bond acceptors (Lipinski definition) is 4. The van der Waals surface area contributed by atoms with E-state index in [1.54, 1.807) is 12.1 Å². The number of nitrogens with two attached hydrogens (primary N) is 1. The van der Waals surface area contributed by atoms with Gasteiger partial charge in [-0.15, -0.1) is 12.4 Å². The third kappa shape index (κ3) is 4.47. The van der Waals surface area contributed by atoms with E-state index in [0.717, 1.165) is 13.0 Å². The number of nitrogens with zero attached hydrogens (tertiary/aromatic N) is 1. The average molecular weight is 316 g/mol. The quantitative estimate of drug-likeness (QED) is 0.849. The largest absolute Gasteiger partial charge is 0.459 e. The first-order valence-corrected chi connectivity index (χ1v) is 6.93. The molecule has 1 aromatic rings. The second-order valence-electron chi connectivity index (χ2n) is 5.22. The van der Waals surface area contributed by atoms with Gasteiger partial charge in [0.25, 0.3) is 5.91 Å². The molecule has 1 aliphatic rings. The second kappa shape index (κ2) is 8.05. The summed E-state index contributed by atoms with van der Waals surface area (Å²) < 4.78 is 4.98. The third-order valence-corrected chi connectivity index (χ3v) is 3.68. The molecule has 2 atom stereocenters. The number of rotatable bonds is 5. The standard InChI is InChI=1S/C14H21N3O3.ClH/c1-10-7-11(8-15)9-17(10)13(18)4-5-16-14(19)12-3-2-6-20-12;/h2-3,6,10-11H,4-5,7-9,15H2,1H3,(H,16,19);1H. The lowest BCUT2D eigenvalue weighted by molar-refractivity contribution is -0.131. The fourth-order valence-electron chi connectivity index (χ4n) is 2.58. The molecule has 118 valence electrons. The SMILES string of the molecule is CC1CC(CN)CN1C(=O)CCNC(=O)c1ccco1.Cl. The van der Waals surface area contributed by atoms with E-state index >= 15 is 0 Å². The first-order valence-electron chi connectivity index (χ1n) is 6.93. The van der Waals surface area contributed by atoms with Crippen LogP contribution in [-0.2, 0) is 4.79 Å². The van der Waals surface area contributed by atoms with E-state index in [2.05, 4.69) is 5.32 Å². The molecule has 1 aromatic heterocycles. The van der Waals surface area contributed by atoms with Gasteiger partial charge in [-0.05, 0) is 37.9 Å². The van der Waals surface area contributed by atoms with E-state index in [9.17, 15) is 9.59 Å². The Kier molecular flexibility index (Phi) is 6.71. The zero-order valence-electron chi connectivity index (χ0n) is 12.1. The minimum absolute atomic E-state index is 0. The van der Waals surface area contributed by atoms with Crippen LogP contribution in [0.5, 0.6) is 0 Å². The van der Waals surface area contributed by atoms with Crippen LogP contribution in [0.3, 0.4) is 0 Å². The molecule has 3 N–H and O–H groups in total. The highest BCUT2D eigenvalue weighted by atomic mass is 35.5. The number of carbonyl (C=O) groups is 2. The normalized spacial score (nSPS) is 21.0. The number of furan rings is 1. The Hall–Kier alpha value is -1.53. The van der Waals surface area contributed by atoms with E-state index in [4.69, 9.17) is 10.2 Å². The van der Waals surface area contributed by atoms with E-state index < -0.39 is 0 Å². The molecule has 0 saturated carbocycles. The summed E-state index contributed by atoms with van der Waals surface area (Å²) in [5, 5.41) is 2.67. The zero-order valence-corrected chi connectivity index (χ0v) is 12.9. The Bertz CT molecular complexity index is 464. The molecule has 0 spiro atoms. The van der Waals surface area contributed by atoms with Gasteiger partial charge in [-0.3, -0.25) is 9.59 Å². The highest BCUT2D eigenvalue weighted by Crippen LogP contribution is 2.22. The molecule has 0 aliphatic carbocycles. The van der Waals surface area contributed by atoms with Crippen LogP contribution < -0.4 is 11.1 Å². The lowest BCUT2D eigenvalue weighted by Crippen LogP contribution is -2.37. The lowest BCUT2D eigenvalue weighted by Gasteiger charge is -2.21. The molecule has 21 heavy (non-hydrogen) atoms. The number of hydrogen-bond donors (Lipinski definition) is 2. The van der Waals surface area contributed by atoms with Crippen molar-refractivity contribution < 1.29 is 14.0 Å². The van der Waals surface area contributed by atoms with Crippen LogP contribution in [0.1, 0.15) is 30.3 Å². The molecule has 2 rings (SSSR count). The van der Waals surface area contributed by atoms with E-state index in [-0.39, 0.29) is 36.0 Å². The van der Waals surface area contributed by atoms with Crippen LogP contribution in [0.25, 0.3) is 0 Å². The van der Waals surface area contributed by atoms with Crippen LogP contribution in [-0.4, -0.2) is 42.4 Å². The predicted molar refractivity (Wildman–Crippen MR) is 81.2 cm³/mol. The fourth-order valence-corrected chi connectivity index (χ4v) is 2.58. The van der Waals surface area contributed by atoms with Crippen molar-refractivity contribution in [2.75, 3.05) is 19.6 Å². The summed E-state index contributed by atoms with van der Waals surface area (Å²) in [7, 11) is 0. The molecule has 1 aliphatic heterocycles. The lowest BCUT2D eigenvalue weighted by atomic mass is 10.1. The molecule has 7 heteroatoms. The third-order valence-electron chi connectivity index (χ3n) is 3.68. The summed E-state index contributed by atoms with van der Waals surface area (Å²) in [5.41, 5.74) is 5.65. The predicted octanol–water partition coefficient (Wildman–Crippen LogP) is 1.02. The molecule has 1 fully saturated rings. The monoisotopic (exact) mass is 315 g/mol. The zero-order chi connectivity index (χ0) is 14.5. The first-order chi connectivity index (χ1) is 9.61. The summed E-state index contributed by atoms with van der Waals surface area (Å²) in [5.74, 6) is 0.423. The van der Waals surface area contributed by atoms with Gasteiger partial charge in [-0.1, -0.05) is 0 Å². The van der Waals surface area contributed by atoms with Gasteiger partial charge >= 0.3 is 0 Å². The number of nitrogens with one attached hydrogen (secondary N) is 1. The van der Waals surface area contributed by atoms with E-state index in [1.807, 2.05) is 11.8 Å². The average Bonchev–Trinajstić information content (AvgIpc) is 3.07. The van der Waals surface area contributed by atoms with Gasteiger partial charge in [0.2, 0.25) is 5.91 Å². The summed E-state index contributed by atoms with van der Waals surface area (Å²) in [4.78, 5) is 25.6.